The maximum Gasteiger partial charge on any atom is 0.225 e. The summed E-state index contributed by atoms with van der Waals surface area (Å²) in [7, 11) is 1.63. The molecule has 0 unspecified atom stereocenters. The summed E-state index contributed by atoms with van der Waals surface area (Å²) in [5, 5.41) is 9.74. The lowest BCUT2D eigenvalue weighted by Gasteiger charge is -2.09. The molecule has 102 valence electrons. The van der Waals surface area contributed by atoms with Gasteiger partial charge in [-0.15, -0.1) is 0 Å². The topological polar surface area (TPSA) is 66.5 Å². The summed E-state index contributed by atoms with van der Waals surface area (Å²) in [6, 6.07) is 2.61. The van der Waals surface area contributed by atoms with E-state index in [4.69, 9.17) is 0 Å². The van der Waals surface area contributed by atoms with Gasteiger partial charge in [0.2, 0.25) is 5.95 Å². The molecule has 2 N–H and O–H groups in total. The van der Waals surface area contributed by atoms with Crippen LogP contribution < -0.4 is 5.32 Å². The van der Waals surface area contributed by atoms with Crippen LogP contribution in [0, 0.1) is 18.6 Å². The average Bonchev–Trinajstić information content (AvgIpc) is 2.91. The summed E-state index contributed by atoms with van der Waals surface area (Å²) < 4.78 is 28.3. The van der Waals surface area contributed by atoms with Crippen molar-refractivity contribution in [1.82, 2.24) is 20.2 Å². The van der Waals surface area contributed by atoms with Gasteiger partial charge in [0.1, 0.15) is 11.6 Å². The number of halogens is 2. The van der Waals surface area contributed by atoms with E-state index in [2.05, 4.69) is 25.5 Å². The molecule has 7 heteroatoms. The van der Waals surface area contributed by atoms with Crippen LogP contribution in [0.15, 0.2) is 18.3 Å². The van der Waals surface area contributed by atoms with Crippen LogP contribution in [0.1, 0.15) is 5.56 Å². The quantitative estimate of drug-likeness (QED) is 0.754. The predicted molar refractivity (Wildman–Crippen MR) is 71.3 cm³/mol. The molecule has 20 heavy (non-hydrogen) atoms. The van der Waals surface area contributed by atoms with Gasteiger partial charge in [0.05, 0.1) is 22.8 Å². The van der Waals surface area contributed by atoms with E-state index < -0.39 is 11.6 Å². The van der Waals surface area contributed by atoms with Crippen molar-refractivity contribution >= 4 is 17.0 Å². The fourth-order valence-electron chi connectivity index (χ4n) is 2.01. The number of hydrogen-bond acceptors (Lipinski definition) is 4. The lowest BCUT2D eigenvalue weighted by Crippen LogP contribution is -2.01. The van der Waals surface area contributed by atoms with Crippen LogP contribution in [-0.4, -0.2) is 27.2 Å². The first kappa shape index (κ1) is 12.5. The lowest BCUT2D eigenvalue weighted by molar-refractivity contribution is 0.583. The predicted octanol–water partition coefficient (Wildman–Crippen LogP) is 2.65. The second kappa shape index (κ2) is 4.52. The van der Waals surface area contributed by atoms with Crippen molar-refractivity contribution in [2.45, 2.75) is 6.92 Å². The first-order valence-electron chi connectivity index (χ1n) is 5.95. The van der Waals surface area contributed by atoms with Gasteiger partial charge in [-0.05, 0) is 18.6 Å². The number of aromatic amines is 1. The van der Waals surface area contributed by atoms with Crippen molar-refractivity contribution in [3.05, 3.63) is 35.5 Å². The molecule has 0 aliphatic carbocycles. The van der Waals surface area contributed by atoms with Crippen LogP contribution in [0.3, 0.4) is 0 Å². The fraction of sp³-hybridized carbons (Fsp3) is 0.154. The molecule has 0 atom stereocenters. The second-order valence-corrected chi connectivity index (χ2v) is 4.33. The third kappa shape index (κ3) is 1.78. The Hall–Kier alpha value is -2.57. The van der Waals surface area contributed by atoms with E-state index in [-0.39, 0.29) is 17.2 Å². The number of rotatable bonds is 2. The largest absolute Gasteiger partial charge is 0.357 e. The second-order valence-electron chi connectivity index (χ2n) is 4.33. The highest BCUT2D eigenvalue weighted by molar-refractivity contribution is 5.91. The van der Waals surface area contributed by atoms with E-state index in [0.29, 0.717) is 16.6 Å². The average molecular weight is 275 g/mol. The van der Waals surface area contributed by atoms with Crippen molar-refractivity contribution in [1.29, 1.82) is 0 Å². The molecule has 2 aromatic heterocycles. The smallest absolute Gasteiger partial charge is 0.225 e. The summed E-state index contributed by atoms with van der Waals surface area (Å²) in [6.45, 7) is 1.57. The number of aromatic nitrogens is 4. The van der Waals surface area contributed by atoms with Gasteiger partial charge < -0.3 is 5.32 Å². The zero-order valence-electron chi connectivity index (χ0n) is 10.8. The highest BCUT2D eigenvalue weighted by Crippen LogP contribution is 2.31. The molecule has 2 heterocycles. The first-order chi connectivity index (χ1) is 9.61. The summed E-state index contributed by atoms with van der Waals surface area (Å²) in [6.07, 6.45) is 1.45. The van der Waals surface area contributed by atoms with Gasteiger partial charge in [0.15, 0.2) is 5.65 Å². The normalized spacial score (nSPS) is 11.0. The van der Waals surface area contributed by atoms with Crippen LogP contribution in [0.4, 0.5) is 14.7 Å². The molecule has 0 spiro atoms. The van der Waals surface area contributed by atoms with E-state index >= 15 is 0 Å². The lowest BCUT2D eigenvalue weighted by atomic mass is 10.0. The minimum absolute atomic E-state index is 0.171. The summed E-state index contributed by atoms with van der Waals surface area (Å²) in [5.74, 6) is -1.04. The molecule has 0 saturated carbocycles. The van der Waals surface area contributed by atoms with Gasteiger partial charge >= 0.3 is 0 Å². The Labute approximate surface area is 113 Å². The number of anilines is 1. The molecule has 0 amide bonds. The molecular formula is C13H11F2N5. The first-order valence-corrected chi connectivity index (χ1v) is 5.95. The van der Waals surface area contributed by atoms with Gasteiger partial charge in [-0.3, -0.25) is 5.10 Å². The van der Waals surface area contributed by atoms with Crippen LogP contribution in [0.5, 0.6) is 0 Å². The Kier molecular flexibility index (Phi) is 2.81. The molecular weight excluding hydrogens is 264 g/mol. The van der Waals surface area contributed by atoms with Crippen molar-refractivity contribution in [2.75, 3.05) is 12.4 Å². The Bertz CT molecular complexity index is 797. The molecule has 0 fully saturated rings. The Morgan fingerprint density at radius 1 is 1.20 bits per heavy atom. The highest BCUT2D eigenvalue weighted by Gasteiger charge is 2.19. The van der Waals surface area contributed by atoms with E-state index in [1.54, 1.807) is 14.0 Å². The van der Waals surface area contributed by atoms with Crippen LogP contribution >= 0.6 is 0 Å². The zero-order valence-corrected chi connectivity index (χ0v) is 10.8. The van der Waals surface area contributed by atoms with Crippen LogP contribution in [-0.2, 0) is 0 Å². The third-order valence-corrected chi connectivity index (χ3v) is 3.05. The molecule has 0 aliphatic rings. The molecule has 3 aromatic rings. The summed E-state index contributed by atoms with van der Waals surface area (Å²) in [5.41, 5.74) is 0.768. The fourth-order valence-corrected chi connectivity index (χ4v) is 2.01. The van der Waals surface area contributed by atoms with Gasteiger partial charge in [0.25, 0.3) is 0 Å². The molecule has 0 aliphatic heterocycles. The number of nitrogens with zero attached hydrogens (tertiary/aromatic N) is 3. The number of aryl methyl sites for hydroxylation is 1. The third-order valence-electron chi connectivity index (χ3n) is 3.05. The maximum atomic E-state index is 14.3. The molecule has 0 radical (unpaired) electrons. The van der Waals surface area contributed by atoms with Gasteiger partial charge in [-0.2, -0.15) is 10.1 Å². The van der Waals surface area contributed by atoms with Crippen molar-refractivity contribution < 1.29 is 8.78 Å². The highest BCUT2D eigenvalue weighted by atomic mass is 19.1. The van der Waals surface area contributed by atoms with Crippen molar-refractivity contribution in [2.24, 2.45) is 0 Å². The van der Waals surface area contributed by atoms with Crippen molar-refractivity contribution in [3.63, 3.8) is 0 Å². The monoisotopic (exact) mass is 275 g/mol. The number of fused-ring (bicyclic) bond motifs is 1. The van der Waals surface area contributed by atoms with Gasteiger partial charge in [-0.1, -0.05) is 6.07 Å². The molecule has 1 aromatic carbocycles. The molecule has 5 nitrogen and oxygen atoms in total. The van der Waals surface area contributed by atoms with Crippen LogP contribution in [0.2, 0.25) is 0 Å². The number of nitrogens with one attached hydrogen (secondary N) is 2. The Morgan fingerprint density at radius 2 is 2.00 bits per heavy atom. The summed E-state index contributed by atoms with van der Waals surface area (Å²) >= 11 is 0. The number of benzene rings is 1. The minimum Gasteiger partial charge on any atom is -0.357 e. The SMILES string of the molecule is CNc1nc(-c2c(F)ccc(C)c2F)c2cn[nH]c2n1. The number of hydrogen-bond donors (Lipinski definition) is 2. The maximum absolute atomic E-state index is 14.3. The molecule has 0 saturated heterocycles. The van der Waals surface area contributed by atoms with E-state index in [9.17, 15) is 8.78 Å². The Morgan fingerprint density at radius 3 is 2.75 bits per heavy atom. The van der Waals surface area contributed by atoms with Crippen molar-refractivity contribution in [3.8, 4) is 11.3 Å². The molecule has 0 bridgehead atoms. The van der Waals surface area contributed by atoms with Crippen LogP contribution in [0.25, 0.3) is 22.3 Å². The van der Waals surface area contributed by atoms with Gasteiger partial charge in [0, 0.05) is 7.05 Å². The van der Waals surface area contributed by atoms with E-state index in [0.717, 1.165) is 0 Å². The minimum atomic E-state index is -0.670. The van der Waals surface area contributed by atoms with Gasteiger partial charge in [-0.25, -0.2) is 13.8 Å². The van der Waals surface area contributed by atoms with E-state index in [1.165, 1.54) is 18.3 Å². The molecule has 3 rings (SSSR count). The Balaban J connectivity index is 2.40. The standard InChI is InChI=1S/C13H11F2N5/c1-6-3-4-8(14)9(10(6)15)11-7-5-17-20-12(7)19-13(16-2)18-11/h3-5H,1-2H3,(H2,16,17,18,19,20). The summed E-state index contributed by atoms with van der Waals surface area (Å²) in [4.78, 5) is 8.30. The van der Waals surface area contributed by atoms with E-state index in [1.807, 2.05) is 0 Å². The zero-order chi connectivity index (χ0) is 14.3. The number of H-pyrrole nitrogens is 1.